The van der Waals surface area contributed by atoms with Gasteiger partial charge in [0.15, 0.2) is 0 Å². The van der Waals surface area contributed by atoms with Gasteiger partial charge in [0.1, 0.15) is 6.17 Å². The fourth-order valence-electron chi connectivity index (χ4n) is 2.04. The normalized spacial score (nSPS) is 21.4. The Labute approximate surface area is 88.6 Å². The highest BCUT2D eigenvalue weighted by molar-refractivity contribution is 4.96. The lowest BCUT2D eigenvalue weighted by molar-refractivity contribution is 0.134. The molecule has 1 heterocycles. The van der Waals surface area contributed by atoms with Crippen molar-refractivity contribution < 1.29 is 0 Å². The lowest BCUT2D eigenvalue weighted by atomic mass is 10.1. The van der Waals surface area contributed by atoms with Gasteiger partial charge in [-0.15, -0.1) is 0 Å². The Kier molecular flexibility index (Phi) is 4.30. The summed E-state index contributed by atoms with van der Waals surface area (Å²) in [6.07, 6.45) is 10.3. The van der Waals surface area contributed by atoms with E-state index in [9.17, 15) is 0 Å². The smallest absolute Gasteiger partial charge is 0.101 e. The van der Waals surface area contributed by atoms with Crippen LogP contribution in [-0.2, 0) is 0 Å². The van der Waals surface area contributed by atoms with E-state index >= 15 is 0 Å². The highest BCUT2D eigenvalue weighted by Gasteiger charge is 2.24. The predicted octanol–water partition coefficient (Wildman–Crippen LogP) is 3.02. The Morgan fingerprint density at radius 3 is 2.50 bits per heavy atom. The van der Waals surface area contributed by atoms with Crippen molar-refractivity contribution in [1.29, 1.82) is 0 Å². The zero-order valence-corrected chi connectivity index (χ0v) is 10.0. The van der Waals surface area contributed by atoms with E-state index in [0.29, 0.717) is 12.2 Å². The van der Waals surface area contributed by atoms with Crippen molar-refractivity contribution in [1.82, 2.24) is 9.80 Å². The van der Waals surface area contributed by atoms with Gasteiger partial charge in [-0.1, -0.05) is 19.8 Å². The third-order valence-electron chi connectivity index (χ3n) is 2.95. The van der Waals surface area contributed by atoms with Crippen LogP contribution in [0.25, 0.3) is 0 Å². The van der Waals surface area contributed by atoms with E-state index in [4.69, 9.17) is 0 Å². The summed E-state index contributed by atoms with van der Waals surface area (Å²) in [6.45, 7) is 6.78. The van der Waals surface area contributed by atoms with Crippen LogP contribution in [-0.4, -0.2) is 29.1 Å². The van der Waals surface area contributed by atoms with Crippen LogP contribution in [0.3, 0.4) is 0 Å². The molecular formula is C12H24N2. The van der Waals surface area contributed by atoms with Crippen LogP contribution in [0.2, 0.25) is 0 Å². The second kappa shape index (κ2) is 5.28. The van der Waals surface area contributed by atoms with Crippen LogP contribution >= 0.6 is 0 Å². The molecule has 0 fully saturated rings. The van der Waals surface area contributed by atoms with E-state index in [1.54, 1.807) is 0 Å². The molecule has 0 saturated carbocycles. The molecule has 0 aliphatic carbocycles. The largest absolute Gasteiger partial charge is 0.359 e. The molecule has 2 nitrogen and oxygen atoms in total. The Balaban J connectivity index is 2.40. The fraction of sp³-hybridized carbons (Fsp3) is 0.833. The first kappa shape index (κ1) is 11.4. The number of hydrogen-bond acceptors (Lipinski definition) is 2. The van der Waals surface area contributed by atoms with Crippen LogP contribution in [0.1, 0.15) is 46.5 Å². The van der Waals surface area contributed by atoms with Crippen LogP contribution in [0.15, 0.2) is 12.4 Å². The Morgan fingerprint density at radius 2 is 1.93 bits per heavy atom. The topological polar surface area (TPSA) is 6.48 Å². The third-order valence-corrected chi connectivity index (χ3v) is 2.95. The van der Waals surface area contributed by atoms with E-state index in [2.05, 4.69) is 50.0 Å². The molecule has 2 heteroatoms. The Morgan fingerprint density at radius 1 is 1.21 bits per heavy atom. The van der Waals surface area contributed by atoms with Crippen molar-refractivity contribution in [2.24, 2.45) is 0 Å². The van der Waals surface area contributed by atoms with Crippen molar-refractivity contribution in [3.8, 4) is 0 Å². The molecule has 0 N–H and O–H groups in total. The molecule has 0 saturated heterocycles. The summed E-state index contributed by atoms with van der Waals surface area (Å²) in [5, 5.41) is 0. The summed E-state index contributed by atoms with van der Waals surface area (Å²) in [4.78, 5) is 4.78. The maximum absolute atomic E-state index is 2.45. The first-order valence-electron chi connectivity index (χ1n) is 5.84. The Bertz CT molecular complexity index is 187. The number of hydrogen-bond donors (Lipinski definition) is 0. The summed E-state index contributed by atoms with van der Waals surface area (Å²) >= 11 is 0. The van der Waals surface area contributed by atoms with Crippen molar-refractivity contribution in [2.75, 3.05) is 7.05 Å². The Hall–Kier alpha value is -0.660. The van der Waals surface area contributed by atoms with Gasteiger partial charge in [-0.3, -0.25) is 0 Å². The summed E-state index contributed by atoms with van der Waals surface area (Å²) in [7, 11) is 2.18. The first-order valence-corrected chi connectivity index (χ1v) is 5.84. The molecule has 0 amide bonds. The van der Waals surface area contributed by atoms with Crippen LogP contribution in [0.4, 0.5) is 0 Å². The first-order chi connectivity index (χ1) is 6.66. The summed E-state index contributed by atoms with van der Waals surface area (Å²) in [6, 6.07) is 0.614. The molecule has 1 atom stereocenters. The molecule has 82 valence electrons. The zero-order chi connectivity index (χ0) is 10.6. The van der Waals surface area contributed by atoms with E-state index in [1.807, 2.05) is 0 Å². The third kappa shape index (κ3) is 2.66. The van der Waals surface area contributed by atoms with Gasteiger partial charge in [0.05, 0.1) is 0 Å². The van der Waals surface area contributed by atoms with E-state index in [-0.39, 0.29) is 0 Å². The summed E-state index contributed by atoms with van der Waals surface area (Å²) in [5.74, 6) is 0. The molecule has 1 aliphatic heterocycles. The van der Waals surface area contributed by atoms with Gasteiger partial charge in [-0.05, 0) is 26.7 Å². The molecule has 1 aliphatic rings. The second-order valence-electron chi connectivity index (χ2n) is 4.48. The summed E-state index contributed by atoms with van der Waals surface area (Å²) in [5.41, 5.74) is 0. The summed E-state index contributed by atoms with van der Waals surface area (Å²) < 4.78 is 0. The average Bonchev–Trinajstić information content (AvgIpc) is 2.48. The minimum Gasteiger partial charge on any atom is -0.359 e. The predicted molar refractivity (Wildman–Crippen MR) is 61.8 cm³/mol. The van der Waals surface area contributed by atoms with Gasteiger partial charge in [0.2, 0.25) is 0 Å². The van der Waals surface area contributed by atoms with Crippen LogP contribution < -0.4 is 0 Å². The number of rotatable bonds is 5. The van der Waals surface area contributed by atoms with Gasteiger partial charge in [0, 0.05) is 25.5 Å². The molecule has 1 unspecified atom stereocenters. The quantitative estimate of drug-likeness (QED) is 0.624. The van der Waals surface area contributed by atoms with E-state index in [0.717, 1.165) is 0 Å². The average molecular weight is 196 g/mol. The van der Waals surface area contributed by atoms with E-state index < -0.39 is 0 Å². The van der Waals surface area contributed by atoms with Gasteiger partial charge in [-0.2, -0.15) is 0 Å². The van der Waals surface area contributed by atoms with Gasteiger partial charge >= 0.3 is 0 Å². The standard InChI is InChI=1S/C12H24N2/c1-5-6-7-8-12-13(4)9-10-14(12)11(2)3/h9-12H,5-8H2,1-4H3. The van der Waals surface area contributed by atoms with Crippen molar-refractivity contribution >= 4 is 0 Å². The van der Waals surface area contributed by atoms with Gasteiger partial charge in [0.25, 0.3) is 0 Å². The number of nitrogens with zero attached hydrogens (tertiary/aromatic N) is 2. The van der Waals surface area contributed by atoms with Crippen molar-refractivity contribution in [3.05, 3.63) is 12.4 Å². The van der Waals surface area contributed by atoms with Gasteiger partial charge in [-0.25, -0.2) is 0 Å². The van der Waals surface area contributed by atoms with Crippen molar-refractivity contribution in [2.45, 2.75) is 58.7 Å². The highest BCUT2D eigenvalue weighted by Crippen LogP contribution is 2.21. The lowest BCUT2D eigenvalue weighted by Crippen LogP contribution is -2.40. The molecule has 1 rings (SSSR count). The van der Waals surface area contributed by atoms with E-state index in [1.165, 1.54) is 25.7 Å². The molecule has 0 bridgehead atoms. The monoisotopic (exact) mass is 196 g/mol. The molecule has 0 aromatic heterocycles. The minimum absolute atomic E-state index is 0.599. The van der Waals surface area contributed by atoms with Crippen LogP contribution in [0.5, 0.6) is 0 Å². The second-order valence-corrected chi connectivity index (χ2v) is 4.48. The zero-order valence-electron chi connectivity index (χ0n) is 10.0. The SMILES string of the molecule is CCCCCC1N(C)C=CN1C(C)C. The molecule has 14 heavy (non-hydrogen) atoms. The fourth-order valence-corrected chi connectivity index (χ4v) is 2.04. The maximum Gasteiger partial charge on any atom is 0.101 e. The molecule has 0 aromatic carbocycles. The molecule has 0 radical (unpaired) electrons. The maximum atomic E-state index is 2.45. The molecule has 0 aromatic rings. The minimum atomic E-state index is 0.599. The van der Waals surface area contributed by atoms with Crippen LogP contribution in [0, 0.1) is 0 Å². The van der Waals surface area contributed by atoms with Gasteiger partial charge < -0.3 is 9.80 Å². The highest BCUT2D eigenvalue weighted by atomic mass is 15.4. The molecular weight excluding hydrogens is 172 g/mol. The number of unbranched alkanes of at least 4 members (excludes halogenated alkanes) is 2. The van der Waals surface area contributed by atoms with Crippen molar-refractivity contribution in [3.63, 3.8) is 0 Å². The molecule has 0 spiro atoms. The lowest BCUT2D eigenvalue weighted by Gasteiger charge is -2.33.